The Morgan fingerprint density at radius 3 is 3.07 bits per heavy atom. The molecule has 0 amide bonds. The normalized spacial score (nSPS) is 30.0. The predicted molar refractivity (Wildman–Crippen MR) is 57.9 cm³/mol. The van der Waals surface area contributed by atoms with E-state index in [-0.39, 0.29) is 12.1 Å². The van der Waals surface area contributed by atoms with Gasteiger partial charge in [0.1, 0.15) is 0 Å². The second kappa shape index (κ2) is 4.41. The third-order valence-corrected chi connectivity index (χ3v) is 3.08. The summed E-state index contributed by atoms with van der Waals surface area (Å²) in [4.78, 5) is 4.36. The lowest BCUT2D eigenvalue weighted by atomic mass is 9.94. The molecule has 3 atom stereocenters. The Balaban J connectivity index is 2.19. The highest BCUT2D eigenvalue weighted by molar-refractivity contribution is 5.15. The number of pyridine rings is 1. The van der Waals surface area contributed by atoms with Crippen LogP contribution in [0.2, 0.25) is 0 Å². The zero-order chi connectivity index (χ0) is 10.7. The first-order valence-electron chi connectivity index (χ1n) is 5.41. The molecule has 3 heteroatoms. The van der Waals surface area contributed by atoms with Gasteiger partial charge in [-0.1, -0.05) is 19.4 Å². The molecule has 1 N–H and O–H groups in total. The van der Waals surface area contributed by atoms with Gasteiger partial charge in [0.15, 0.2) is 0 Å². The van der Waals surface area contributed by atoms with Crippen molar-refractivity contribution in [1.82, 2.24) is 10.3 Å². The topological polar surface area (TPSA) is 48.7 Å². The van der Waals surface area contributed by atoms with Crippen LogP contribution in [0.1, 0.15) is 31.5 Å². The highest BCUT2D eigenvalue weighted by Gasteiger charge is 2.33. The largest absolute Gasteiger partial charge is 0.293 e. The predicted octanol–water partition coefficient (Wildman–Crippen LogP) is 2.03. The van der Waals surface area contributed by atoms with Gasteiger partial charge in [-0.3, -0.25) is 10.3 Å². The van der Waals surface area contributed by atoms with Gasteiger partial charge in [0.05, 0.1) is 23.8 Å². The number of hydrogen-bond acceptors (Lipinski definition) is 3. The molecular weight excluding hydrogens is 186 g/mol. The molecule has 1 aliphatic heterocycles. The van der Waals surface area contributed by atoms with Crippen molar-refractivity contribution >= 4 is 0 Å². The average Bonchev–Trinajstić information content (AvgIpc) is 2.73. The highest BCUT2D eigenvalue weighted by atomic mass is 15.0. The van der Waals surface area contributed by atoms with E-state index >= 15 is 0 Å². The van der Waals surface area contributed by atoms with Crippen LogP contribution in [-0.4, -0.2) is 11.0 Å². The molecule has 0 radical (unpaired) electrons. The van der Waals surface area contributed by atoms with E-state index in [2.05, 4.69) is 23.3 Å². The molecule has 0 saturated carbocycles. The fourth-order valence-corrected chi connectivity index (χ4v) is 2.24. The lowest BCUT2D eigenvalue weighted by Crippen LogP contribution is -2.24. The molecule has 1 aromatic rings. The quantitative estimate of drug-likeness (QED) is 0.796. The van der Waals surface area contributed by atoms with Gasteiger partial charge in [0.25, 0.3) is 0 Å². The summed E-state index contributed by atoms with van der Waals surface area (Å²) in [6.07, 6.45) is 3.84. The van der Waals surface area contributed by atoms with Crippen molar-refractivity contribution < 1.29 is 0 Å². The van der Waals surface area contributed by atoms with Crippen molar-refractivity contribution in [3.05, 3.63) is 30.1 Å². The summed E-state index contributed by atoms with van der Waals surface area (Å²) in [7, 11) is 0. The summed E-state index contributed by atoms with van der Waals surface area (Å²) < 4.78 is 0. The van der Waals surface area contributed by atoms with Crippen LogP contribution in [0.5, 0.6) is 0 Å². The molecule has 2 heterocycles. The van der Waals surface area contributed by atoms with Crippen molar-refractivity contribution in [2.75, 3.05) is 0 Å². The first-order chi connectivity index (χ1) is 7.35. The van der Waals surface area contributed by atoms with Gasteiger partial charge in [0, 0.05) is 6.20 Å². The molecule has 1 aliphatic rings. The summed E-state index contributed by atoms with van der Waals surface area (Å²) in [5.41, 5.74) is 1.06. The summed E-state index contributed by atoms with van der Waals surface area (Å²) in [6.45, 7) is 2.17. The van der Waals surface area contributed by atoms with Crippen LogP contribution in [0.15, 0.2) is 24.4 Å². The van der Waals surface area contributed by atoms with Crippen LogP contribution in [0.3, 0.4) is 0 Å². The molecule has 0 bridgehead atoms. The third kappa shape index (κ3) is 2.00. The molecule has 1 saturated heterocycles. The Labute approximate surface area is 90.1 Å². The van der Waals surface area contributed by atoms with Gasteiger partial charge in [-0.25, -0.2) is 0 Å². The fourth-order valence-electron chi connectivity index (χ4n) is 2.24. The zero-order valence-electron chi connectivity index (χ0n) is 8.85. The number of hydrogen-bond donors (Lipinski definition) is 1. The number of rotatable bonds is 2. The molecule has 1 fully saturated rings. The van der Waals surface area contributed by atoms with Crippen LogP contribution in [0.25, 0.3) is 0 Å². The third-order valence-electron chi connectivity index (χ3n) is 3.08. The first kappa shape index (κ1) is 10.1. The molecular formula is C12H15N3. The van der Waals surface area contributed by atoms with E-state index < -0.39 is 0 Å². The molecule has 2 rings (SSSR count). The minimum atomic E-state index is -0.0121. The molecule has 15 heavy (non-hydrogen) atoms. The zero-order valence-corrected chi connectivity index (χ0v) is 8.85. The Morgan fingerprint density at radius 1 is 1.60 bits per heavy atom. The molecule has 0 aromatic carbocycles. The second-order valence-electron chi connectivity index (χ2n) is 3.98. The maximum Gasteiger partial charge on any atom is 0.0961 e. The summed E-state index contributed by atoms with van der Waals surface area (Å²) >= 11 is 0. The van der Waals surface area contributed by atoms with E-state index in [0.717, 1.165) is 18.5 Å². The summed E-state index contributed by atoms with van der Waals surface area (Å²) in [5, 5.41) is 12.2. The maximum atomic E-state index is 8.91. The van der Waals surface area contributed by atoms with Crippen molar-refractivity contribution in [2.24, 2.45) is 5.92 Å². The fraction of sp³-hybridized carbons (Fsp3) is 0.500. The van der Waals surface area contributed by atoms with Crippen molar-refractivity contribution in [2.45, 2.75) is 31.8 Å². The van der Waals surface area contributed by atoms with Crippen LogP contribution in [-0.2, 0) is 0 Å². The minimum absolute atomic E-state index is 0.0121. The van der Waals surface area contributed by atoms with E-state index in [9.17, 15) is 0 Å². The van der Waals surface area contributed by atoms with Gasteiger partial charge < -0.3 is 0 Å². The molecule has 0 spiro atoms. The number of nitrogens with one attached hydrogen (secondary N) is 1. The van der Waals surface area contributed by atoms with Crippen LogP contribution in [0, 0.1) is 17.2 Å². The molecule has 78 valence electrons. The van der Waals surface area contributed by atoms with Gasteiger partial charge >= 0.3 is 0 Å². The molecule has 1 aromatic heterocycles. The lowest BCUT2D eigenvalue weighted by molar-refractivity contribution is 0.441. The van der Waals surface area contributed by atoms with E-state index in [1.165, 1.54) is 0 Å². The molecule has 0 aliphatic carbocycles. The first-order valence-corrected chi connectivity index (χ1v) is 5.41. The molecule has 0 unspecified atom stereocenters. The Bertz CT molecular complexity index is 355. The van der Waals surface area contributed by atoms with Crippen molar-refractivity contribution in [1.29, 1.82) is 5.26 Å². The van der Waals surface area contributed by atoms with Gasteiger partial charge in [-0.2, -0.15) is 5.26 Å². The van der Waals surface area contributed by atoms with Crippen molar-refractivity contribution in [3.8, 4) is 6.07 Å². The summed E-state index contributed by atoms with van der Waals surface area (Å²) in [5.74, 6) is 0.532. The Morgan fingerprint density at radius 2 is 2.47 bits per heavy atom. The average molecular weight is 201 g/mol. The Kier molecular flexibility index (Phi) is 2.98. The van der Waals surface area contributed by atoms with Crippen LogP contribution < -0.4 is 5.32 Å². The van der Waals surface area contributed by atoms with Gasteiger partial charge in [-0.05, 0) is 24.5 Å². The van der Waals surface area contributed by atoms with E-state index in [1.807, 2.05) is 24.4 Å². The molecule has 3 nitrogen and oxygen atoms in total. The van der Waals surface area contributed by atoms with Crippen LogP contribution in [0.4, 0.5) is 0 Å². The number of aromatic nitrogens is 1. The summed E-state index contributed by atoms with van der Waals surface area (Å²) in [6, 6.07) is 8.47. The number of nitrogens with zero attached hydrogens (tertiary/aromatic N) is 2. The second-order valence-corrected chi connectivity index (χ2v) is 3.98. The van der Waals surface area contributed by atoms with Gasteiger partial charge in [-0.15, -0.1) is 0 Å². The lowest BCUT2D eigenvalue weighted by Gasteiger charge is -2.16. The minimum Gasteiger partial charge on any atom is -0.293 e. The highest BCUT2D eigenvalue weighted by Crippen LogP contribution is 2.33. The standard InChI is InChI=1S/C12H15N3/c1-2-9-7-10(8-13)15-12(9)11-5-3-4-6-14-11/h3-6,9-10,12,15H,2,7H2,1H3/t9-,10-,12+/m1/s1. The smallest absolute Gasteiger partial charge is 0.0961 e. The Hall–Kier alpha value is -1.40. The van der Waals surface area contributed by atoms with E-state index in [0.29, 0.717) is 5.92 Å². The maximum absolute atomic E-state index is 8.91. The SMILES string of the molecule is CC[C@@H]1C[C@H](C#N)N[C@@H]1c1ccccn1. The number of nitriles is 1. The van der Waals surface area contributed by atoms with Crippen LogP contribution >= 0.6 is 0 Å². The monoisotopic (exact) mass is 201 g/mol. The van der Waals surface area contributed by atoms with Gasteiger partial charge in [0.2, 0.25) is 0 Å². The van der Waals surface area contributed by atoms with E-state index in [1.54, 1.807) is 0 Å². The van der Waals surface area contributed by atoms with E-state index in [4.69, 9.17) is 5.26 Å². The van der Waals surface area contributed by atoms with Crippen molar-refractivity contribution in [3.63, 3.8) is 0 Å².